The van der Waals surface area contributed by atoms with Crippen LogP contribution in [0.2, 0.25) is 0 Å². The molecule has 0 unspecified atom stereocenters. The second-order valence-corrected chi connectivity index (χ2v) is 7.61. The first-order valence-electron chi connectivity index (χ1n) is 9.95. The van der Waals surface area contributed by atoms with E-state index in [-0.39, 0.29) is 18.6 Å². The average molecular weight is 457 g/mol. The fourth-order valence-electron chi connectivity index (χ4n) is 2.82. The predicted molar refractivity (Wildman–Crippen MR) is 121 cm³/mol. The summed E-state index contributed by atoms with van der Waals surface area (Å²) >= 11 is 1.32. The molecule has 0 aliphatic carbocycles. The molecule has 0 aliphatic heterocycles. The van der Waals surface area contributed by atoms with Crippen molar-refractivity contribution in [2.75, 3.05) is 25.6 Å². The van der Waals surface area contributed by atoms with E-state index in [4.69, 9.17) is 18.9 Å². The van der Waals surface area contributed by atoms with Crippen molar-refractivity contribution < 1.29 is 28.5 Å². The Morgan fingerprint density at radius 2 is 1.88 bits per heavy atom. The van der Waals surface area contributed by atoms with Crippen LogP contribution in [0.25, 0.3) is 0 Å². The van der Waals surface area contributed by atoms with Gasteiger partial charge in [0.05, 0.1) is 18.8 Å². The van der Waals surface area contributed by atoms with Gasteiger partial charge in [-0.2, -0.15) is 0 Å². The Bertz CT molecular complexity index is 1050. The number of benzene rings is 2. The minimum Gasteiger partial charge on any atom is -0.488 e. The van der Waals surface area contributed by atoms with Crippen molar-refractivity contribution in [3.8, 4) is 17.2 Å². The molecule has 0 fully saturated rings. The number of anilines is 1. The predicted octanol–water partition coefficient (Wildman–Crippen LogP) is 4.78. The maximum atomic E-state index is 12.8. The van der Waals surface area contributed by atoms with Gasteiger partial charge in [-0.3, -0.25) is 10.1 Å². The lowest BCUT2D eigenvalue weighted by molar-refractivity contribution is 0.0526. The Morgan fingerprint density at radius 1 is 1.09 bits per heavy atom. The highest BCUT2D eigenvalue weighted by Crippen LogP contribution is 2.29. The molecule has 0 saturated carbocycles. The summed E-state index contributed by atoms with van der Waals surface area (Å²) in [4.78, 5) is 28.8. The Hall–Kier alpha value is -3.43. The van der Waals surface area contributed by atoms with Gasteiger partial charge in [-0.15, -0.1) is 11.3 Å². The molecule has 1 N–H and O–H groups in total. The van der Waals surface area contributed by atoms with Gasteiger partial charge in [-0.25, -0.2) is 9.78 Å². The molecule has 9 heteroatoms. The quantitative estimate of drug-likeness (QED) is 0.439. The van der Waals surface area contributed by atoms with E-state index in [0.717, 1.165) is 0 Å². The third-order valence-corrected chi connectivity index (χ3v) is 4.80. The molecule has 1 amide bonds. The summed E-state index contributed by atoms with van der Waals surface area (Å²) in [6.07, 6.45) is 1.37. The first-order valence-corrected chi connectivity index (χ1v) is 10.8. The third kappa shape index (κ3) is 6.53. The van der Waals surface area contributed by atoms with Crippen LogP contribution in [0, 0.1) is 0 Å². The molecule has 0 radical (unpaired) electrons. The highest BCUT2D eigenvalue weighted by atomic mass is 32.1. The SMILES string of the molecule is CCOC(=O)c1cccc(Oc2cc(O[C@@H](C)COC)cc(C(=O)Nc3nccs3)c2)c1. The van der Waals surface area contributed by atoms with E-state index in [9.17, 15) is 9.59 Å². The normalized spacial score (nSPS) is 11.5. The van der Waals surface area contributed by atoms with Gasteiger partial charge < -0.3 is 18.9 Å². The van der Waals surface area contributed by atoms with Crippen molar-refractivity contribution in [3.05, 3.63) is 65.2 Å². The number of thiazole rings is 1. The van der Waals surface area contributed by atoms with Crippen LogP contribution >= 0.6 is 11.3 Å². The number of rotatable bonds is 10. The Morgan fingerprint density at radius 3 is 2.59 bits per heavy atom. The Labute approximate surface area is 190 Å². The molecule has 3 rings (SSSR count). The molecule has 1 heterocycles. The number of ether oxygens (including phenoxy) is 4. The van der Waals surface area contributed by atoms with Crippen molar-refractivity contribution in [3.63, 3.8) is 0 Å². The van der Waals surface area contributed by atoms with Gasteiger partial charge >= 0.3 is 5.97 Å². The minimum atomic E-state index is -0.438. The number of carbonyl (C=O) groups excluding carboxylic acids is 2. The van der Waals surface area contributed by atoms with Gasteiger partial charge in [0, 0.05) is 30.3 Å². The molecule has 0 bridgehead atoms. The summed E-state index contributed by atoms with van der Waals surface area (Å²) in [5.41, 5.74) is 0.700. The van der Waals surface area contributed by atoms with Crippen molar-refractivity contribution in [2.24, 2.45) is 0 Å². The molecule has 0 spiro atoms. The summed E-state index contributed by atoms with van der Waals surface area (Å²) in [5, 5.41) is 5.00. The van der Waals surface area contributed by atoms with Crippen LogP contribution in [0.5, 0.6) is 17.2 Å². The largest absolute Gasteiger partial charge is 0.488 e. The fraction of sp³-hybridized carbons (Fsp3) is 0.261. The first-order chi connectivity index (χ1) is 15.5. The molecule has 8 nitrogen and oxygen atoms in total. The second-order valence-electron chi connectivity index (χ2n) is 6.72. The van der Waals surface area contributed by atoms with E-state index in [1.165, 1.54) is 11.3 Å². The van der Waals surface area contributed by atoms with Crippen LogP contribution in [0.15, 0.2) is 54.0 Å². The van der Waals surface area contributed by atoms with Crippen molar-refractivity contribution >= 4 is 28.3 Å². The number of carbonyl (C=O) groups is 2. The van der Waals surface area contributed by atoms with Gasteiger partial charge in [0.25, 0.3) is 5.91 Å². The standard InChI is InChI=1S/C23H24N2O6S/c1-4-29-22(27)16-6-5-7-18(10-16)31-20-12-17(21(26)25-23-24-8-9-32-23)11-19(13-20)30-15(2)14-28-3/h5-13,15H,4,14H2,1-3H3,(H,24,25,26)/t15-/m0/s1. The van der Waals surface area contributed by atoms with Gasteiger partial charge in [0.15, 0.2) is 5.13 Å². The zero-order valence-electron chi connectivity index (χ0n) is 18.0. The summed E-state index contributed by atoms with van der Waals surface area (Å²) in [6, 6.07) is 11.5. The smallest absolute Gasteiger partial charge is 0.338 e. The lowest BCUT2D eigenvalue weighted by Gasteiger charge is -2.16. The fourth-order valence-corrected chi connectivity index (χ4v) is 3.35. The number of esters is 1. The minimum absolute atomic E-state index is 0.239. The summed E-state index contributed by atoms with van der Waals surface area (Å²) in [5.74, 6) is 0.445. The van der Waals surface area contributed by atoms with Crippen LogP contribution < -0.4 is 14.8 Å². The lowest BCUT2D eigenvalue weighted by Crippen LogP contribution is -2.18. The highest BCUT2D eigenvalue weighted by molar-refractivity contribution is 7.13. The van der Waals surface area contributed by atoms with E-state index in [2.05, 4.69) is 10.3 Å². The van der Waals surface area contributed by atoms with Crippen LogP contribution in [0.3, 0.4) is 0 Å². The van der Waals surface area contributed by atoms with Crippen molar-refractivity contribution in [2.45, 2.75) is 20.0 Å². The summed E-state index contributed by atoms with van der Waals surface area (Å²) in [7, 11) is 1.59. The zero-order valence-corrected chi connectivity index (χ0v) is 18.8. The van der Waals surface area contributed by atoms with Gasteiger partial charge in [-0.1, -0.05) is 6.07 Å². The first kappa shape index (κ1) is 23.2. The number of nitrogens with zero attached hydrogens (tertiary/aromatic N) is 1. The molecule has 32 heavy (non-hydrogen) atoms. The molecule has 1 aromatic heterocycles. The summed E-state index contributed by atoms with van der Waals surface area (Å²) < 4.78 is 22.0. The molecular weight excluding hydrogens is 432 g/mol. The number of hydrogen-bond donors (Lipinski definition) is 1. The zero-order chi connectivity index (χ0) is 22.9. The van der Waals surface area contributed by atoms with Crippen LogP contribution in [0.4, 0.5) is 5.13 Å². The highest BCUT2D eigenvalue weighted by Gasteiger charge is 2.15. The number of amides is 1. The van der Waals surface area contributed by atoms with Gasteiger partial charge in [0.1, 0.15) is 23.4 Å². The molecule has 0 saturated heterocycles. The van der Waals surface area contributed by atoms with E-state index in [1.807, 2.05) is 6.92 Å². The van der Waals surface area contributed by atoms with E-state index < -0.39 is 5.97 Å². The molecule has 168 valence electrons. The third-order valence-electron chi connectivity index (χ3n) is 4.11. The van der Waals surface area contributed by atoms with E-state index in [1.54, 1.807) is 68.1 Å². The van der Waals surface area contributed by atoms with Crippen LogP contribution in [0.1, 0.15) is 34.6 Å². The van der Waals surface area contributed by atoms with Crippen LogP contribution in [-0.4, -0.2) is 43.3 Å². The average Bonchev–Trinajstić information content (AvgIpc) is 3.27. The Kier molecular flexibility index (Phi) is 8.18. The second kappa shape index (κ2) is 11.3. The molecule has 3 aromatic rings. The molecule has 1 atom stereocenters. The maximum absolute atomic E-state index is 12.8. The topological polar surface area (TPSA) is 96.0 Å². The summed E-state index contributed by atoms with van der Waals surface area (Å²) in [6.45, 7) is 4.26. The number of hydrogen-bond acceptors (Lipinski definition) is 8. The number of nitrogens with one attached hydrogen (secondary N) is 1. The molecule has 0 aliphatic rings. The number of aromatic nitrogens is 1. The monoisotopic (exact) mass is 456 g/mol. The van der Waals surface area contributed by atoms with Crippen molar-refractivity contribution in [1.29, 1.82) is 0 Å². The number of methoxy groups -OCH3 is 1. The maximum Gasteiger partial charge on any atom is 0.338 e. The van der Waals surface area contributed by atoms with Gasteiger partial charge in [-0.05, 0) is 44.2 Å². The van der Waals surface area contributed by atoms with Crippen molar-refractivity contribution in [1.82, 2.24) is 4.98 Å². The van der Waals surface area contributed by atoms with E-state index >= 15 is 0 Å². The molecular formula is C23H24N2O6S. The van der Waals surface area contributed by atoms with E-state index in [0.29, 0.717) is 40.1 Å². The lowest BCUT2D eigenvalue weighted by atomic mass is 10.1. The Balaban J connectivity index is 1.87. The van der Waals surface area contributed by atoms with Crippen LogP contribution in [-0.2, 0) is 9.47 Å². The van der Waals surface area contributed by atoms with Gasteiger partial charge in [0.2, 0.25) is 0 Å². The molecule has 2 aromatic carbocycles.